The van der Waals surface area contributed by atoms with Crippen LogP contribution in [-0.2, 0) is 4.74 Å². The third-order valence-corrected chi connectivity index (χ3v) is 2.61. The van der Waals surface area contributed by atoms with E-state index >= 15 is 0 Å². The molecule has 2 aromatic rings. The van der Waals surface area contributed by atoms with Crippen molar-refractivity contribution in [1.82, 2.24) is 10.2 Å². The summed E-state index contributed by atoms with van der Waals surface area (Å²) in [6.07, 6.45) is 0. The lowest BCUT2D eigenvalue weighted by molar-refractivity contribution is 0.0529. The highest BCUT2D eigenvalue weighted by Crippen LogP contribution is 2.25. The maximum absolute atomic E-state index is 11.8. The number of hydrogen-bond donors (Lipinski definition) is 3. The van der Waals surface area contributed by atoms with E-state index in [2.05, 4.69) is 15.5 Å². The SMILES string of the molecule is CCOC(=O)c1c(Nc2cccc(OC)c2)n[nH]c1N. The standard InChI is InChI=1S/C13H16N4O3/c1-3-20-13(18)10-11(14)16-17-12(10)15-8-5-4-6-9(7-8)19-2/h4-7H,3H2,1-2H3,(H4,14,15,16,17). The average molecular weight is 276 g/mol. The van der Waals surface area contributed by atoms with E-state index in [1.165, 1.54) is 0 Å². The smallest absolute Gasteiger partial charge is 0.345 e. The summed E-state index contributed by atoms with van der Waals surface area (Å²) in [5, 5.41) is 9.53. The number of nitrogens with zero attached hydrogens (tertiary/aromatic N) is 1. The highest BCUT2D eigenvalue weighted by Gasteiger charge is 2.20. The number of H-pyrrole nitrogens is 1. The van der Waals surface area contributed by atoms with Crippen LogP contribution in [0.2, 0.25) is 0 Å². The zero-order chi connectivity index (χ0) is 14.5. The van der Waals surface area contributed by atoms with Gasteiger partial charge in [-0.3, -0.25) is 5.10 Å². The van der Waals surface area contributed by atoms with Crippen molar-refractivity contribution in [3.63, 3.8) is 0 Å². The number of benzene rings is 1. The number of ether oxygens (including phenoxy) is 2. The molecule has 1 aromatic heterocycles. The Kier molecular flexibility index (Phi) is 4.09. The number of hydrogen-bond acceptors (Lipinski definition) is 6. The van der Waals surface area contributed by atoms with Gasteiger partial charge >= 0.3 is 5.97 Å². The Morgan fingerprint density at radius 3 is 3.00 bits per heavy atom. The van der Waals surface area contributed by atoms with Crippen molar-refractivity contribution in [2.75, 3.05) is 24.8 Å². The molecular formula is C13H16N4O3. The minimum absolute atomic E-state index is 0.161. The maximum Gasteiger partial charge on any atom is 0.345 e. The van der Waals surface area contributed by atoms with Gasteiger partial charge in [0.25, 0.3) is 0 Å². The number of aromatic nitrogens is 2. The molecule has 0 saturated heterocycles. The molecule has 1 heterocycles. The van der Waals surface area contributed by atoms with Crippen LogP contribution in [0.4, 0.5) is 17.3 Å². The lowest BCUT2D eigenvalue weighted by atomic mass is 10.2. The summed E-state index contributed by atoms with van der Waals surface area (Å²) >= 11 is 0. The van der Waals surface area contributed by atoms with Crippen molar-refractivity contribution in [1.29, 1.82) is 0 Å². The van der Waals surface area contributed by atoms with Gasteiger partial charge in [-0.1, -0.05) is 6.07 Å². The van der Waals surface area contributed by atoms with E-state index in [0.29, 0.717) is 11.6 Å². The fourth-order valence-electron chi connectivity index (χ4n) is 1.69. The quantitative estimate of drug-likeness (QED) is 0.721. The molecule has 0 atom stereocenters. The molecule has 106 valence electrons. The molecule has 0 bridgehead atoms. The van der Waals surface area contributed by atoms with Crippen LogP contribution in [0.3, 0.4) is 0 Å². The topological polar surface area (TPSA) is 102 Å². The molecule has 1 aromatic carbocycles. The van der Waals surface area contributed by atoms with Gasteiger partial charge < -0.3 is 20.5 Å². The van der Waals surface area contributed by atoms with E-state index in [-0.39, 0.29) is 18.0 Å². The first-order chi connectivity index (χ1) is 9.65. The Morgan fingerprint density at radius 2 is 2.30 bits per heavy atom. The fraction of sp³-hybridized carbons (Fsp3) is 0.231. The van der Waals surface area contributed by atoms with Crippen LogP contribution in [-0.4, -0.2) is 29.9 Å². The van der Waals surface area contributed by atoms with Crippen LogP contribution < -0.4 is 15.8 Å². The van der Waals surface area contributed by atoms with Gasteiger partial charge in [-0.25, -0.2) is 4.79 Å². The number of nitrogen functional groups attached to an aromatic ring is 1. The summed E-state index contributed by atoms with van der Waals surface area (Å²) in [5.41, 5.74) is 6.61. The molecule has 0 aliphatic heterocycles. The number of aromatic amines is 1. The molecule has 0 aliphatic carbocycles. The molecule has 0 unspecified atom stereocenters. The maximum atomic E-state index is 11.8. The number of nitrogens with two attached hydrogens (primary N) is 1. The van der Waals surface area contributed by atoms with Crippen molar-refractivity contribution >= 4 is 23.3 Å². The van der Waals surface area contributed by atoms with Crippen LogP contribution in [0, 0.1) is 0 Å². The Hall–Kier alpha value is -2.70. The van der Waals surface area contributed by atoms with Gasteiger partial charge in [0.2, 0.25) is 0 Å². The zero-order valence-corrected chi connectivity index (χ0v) is 11.3. The van der Waals surface area contributed by atoms with Crippen molar-refractivity contribution < 1.29 is 14.3 Å². The van der Waals surface area contributed by atoms with Crippen molar-refractivity contribution in [3.05, 3.63) is 29.8 Å². The Bertz CT molecular complexity index is 609. The molecule has 0 spiro atoms. The Labute approximate surface area is 116 Å². The van der Waals surface area contributed by atoms with Crippen LogP contribution in [0.25, 0.3) is 0 Å². The molecule has 0 fully saturated rings. The van der Waals surface area contributed by atoms with Crippen LogP contribution >= 0.6 is 0 Å². The molecule has 0 amide bonds. The molecule has 7 heteroatoms. The number of rotatable bonds is 5. The first-order valence-corrected chi connectivity index (χ1v) is 6.07. The summed E-state index contributed by atoms with van der Waals surface area (Å²) < 4.78 is 10.1. The highest BCUT2D eigenvalue weighted by atomic mass is 16.5. The monoisotopic (exact) mass is 276 g/mol. The predicted octanol–water partition coefficient (Wildman–Crippen LogP) is 1.92. The minimum Gasteiger partial charge on any atom is -0.497 e. The Balaban J connectivity index is 2.27. The summed E-state index contributed by atoms with van der Waals surface area (Å²) in [5.74, 6) is 0.642. The molecule has 4 N–H and O–H groups in total. The molecule has 20 heavy (non-hydrogen) atoms. The highest BCUT2D eigenvalue weighted by molar-refractivity contribution is 6.00. The summed E-state index contributed by atoms with van der Waals surface area (Å²) in [7, 11) is 1.58. The van der Waals surface area contributed by atoms with Crippen LogP contribution in [0.5, 0.6) is 5.75 Å². The molecular weight excluding hydrogens is 260 g/mol. The van der Waals surface area contributed by atoms with Gasteiger partial charge in [-0.05, 0) is 19.1 Å². The van der Waals surface area contributed by atoms with Crippen molar-refractivity contribution in [2.45, 2.75) is 6.92 Å². The number of methoxy groups -OCH3 is 1. The lowest BCUT2D eigenvalue weighted by Gasteiger charge is -2.07. The fourth-order valence-corrected chi connectivity index (χ4v) is 1.69. The van der Waals surface area contributed by atoms with Crippen LogP contribution in [0.1, 0.15) is 17.3 Å². The van der Waals surface area contributed by atoms with E-state index in [4.69, 9.17) is 15.2 Å². The number of carbonyl (C=O) groups excluding carboxylic acids is 1. The summed E-state index contributed by atoms with van der Waals surface area (Å²) in [6.45, 7) is 1.99. The number of esters is 1. The van der Waals surface area contributed by atoms with E-state index in [0.717, 1.165) is 5.69 Å². The van der Waals surface area contributed by atoms with E-state index in [1.54, 1.807) is 20.1 Å². The van der Waals surface area contributed by atoms with Crippen LogP contribution in [0.15, 0.2) is 24.3 Å². The van der Waals surface area contributed by atoms with E-state index in [1.807, 2.05) is 18.2 Å². The second-order valence-corrected chi connectivity index (χ2v) is 3.94. The van der Waals surface area contributed by atoms with Gasteiger partial charge in [-0.15, -0.1) is 0 Å². The normalized spacial score (nSPS) is 10.1. The van der Waals surface area contributed by atoms with E-state index < -0.39 is 5.97 Å². The Morgan fingerprint density at radius 1 is 1.50 bits per heavy atom. The van der Waals surface area contributed by atoms with Gasteiger partial charge in [0.15, 0.2) is 5.82 Å². The minimum atomic E-state index is -0.524. The first-order valence-electron chi connectivity index (χ1n) is 6.07. The summed E-state index contributed by atoms with van der Waals surface area (Å²) in [6, 6.07) is 7.24. The molecule has 0 radical (unpaired) electrons. The van der Waals surface area contributed by atoms with Gasteiger partial charge in [-0.2, -0.15) is 5.10 Å². The van der Waals surface area contributed by atoms with Gasteiger partial charge in [0.05, 0.1) is 13.7 Å². The second-order valence-electron chi connectivity index (χ2n) is 3.94. The van der Waals surface area contributed by atoms with Gasteiger partial charge in [0.1, 0.15) is 17.1 Å². The second kappa shape index (κ2) is 5.96. The van der Waals surface area contributed by atoms with Crippen molar-refractivity contribution in [3.8, 4) is 5.75 Å². The number of anilines is 3. The average Bonchev–Trinajstić information content (AvgIpc) is 2.80. The van der Waals surface area contributed by atoms with Crippen molar-refractivity contribution in [2.24, 2.45) is 0 Å². The largest absolute Gasteiger partial charge is 0.497 e. The molecule has 0 aliphatic rings. The third-order valence-electron chi connectivity index (χ3n) is 2.61. The number of nitrogens with one attached hydrogen (secondary N) is 2. The lowest BCUT2D eigenvalue weighted by Crippen LogP contribution is -2.09. The predicted molar refractivity (Wildman–Crippen MR) is 75.2 cm³/mol. The first kappa shape index (κ1) is 13.7. The van der Waals surface area contributed by atoms with Gasteiger partial charge in [0, 0.05) is 11.8 Å². The molecule has 7 nitrogen and oxygen atoms in total. The summed E-state index contributed by atoms with van der Waals surface area (Å²) in [4.78, 5) is 11.8. The molecule has 2 rings (SSSR count). The third kappa shape index (κ3) is 2.82. The number of carbonyl (C=O) groups is 1. The zero-order valence-electron chi connectivity index (χ0n) is 11.3. The van der Waals surface area contributed by atoms with E-state index in [9.17, 15) is 4.79 Å². The molecule has 0 saturated carbocycles.